The van der Waals surface area contributed by atoms with Crippen LogP contribution in [0.1, 0.15) is 28.3 Å². The predicted molar refractivity (Wildman–Crippen MR) is 80.0 cm³/mol. The van der Waals surface area contributed by atoms with Crippen molar-refractivity contribution in [2.24, 2.45) is 0 Å². The highest BCUT2D eigenvalue weighted by atomic mass is 32.1. The number of carboxylic acids is 1. The van der Waals surface area contributed by atoms with E-state index in [2.05, 4.69) is 10.3 Å². The lowest BCUT2D eigenvalue weighted by Crippen LogP contribution is -2.40. The minimum atomic E-state index is -1.07. The summed E-state index contributed by atoms with van der Waals surface area (Å²) in [5.74, 6) is -0.596. The molecule has 0 spiro atoms. The minimum absolute atomic E-state index is 0.00378. The molecule has 1 aromatic heterocycles. The van der Waals surface area contributed by atoms with Gasteiger partial charge in [0.1, 0.15) is 10.8 Å². The van der Waals surface area contributed by atoms with Gasteiger partial charge in [0.15, 0.2) is 11.3 Å². The lowest BCUT2D eigenvalue weighted by Gasteiger charge is -2.17. The van der Waals surface area contributed by atoms with Crippen molar-refractivity contribution < 1.29 is 19.4 Å². The number of ether oxygens (including phenoxy) is 1. The number of benzene rings is 1. The van der Waals surface area contributed by atoms with E-state index in [1.165, 1.54) is 16.7 Å². The third kappa shape index (κ3) is 3.09. The Morgan fingerprint density at radius 2 is 2.05 bits per heavy atom. The molecule has 7 heteroatoms. The fraction of sp³-hybridized carbons (Fsp3) is 0.267. The summed E-state index contributed by atoms with van der Waals surface area (Å²) in [6, 6.07) is 9.22. The fourth-order valence-corrected chi connectivity index (χ4v) is 2.72. The monoisotopic (exact) mass is 318 g/mol. The molecular formula is C15H14N2O4S. The van der Waals surface area contributed by atoms with Crippen molar-refractivity contribution in [1.29, 1.82) is 0 Å². The number of carbonyl (C=O) groups is 2. The zero-order valence-electron chi connectivity index (χ0n) is 11.6. The number of para-hydroxylation sites is 1. The number of carboxylic acid groups (broad SMARTS) is 1. The molecule has 1 aromatic carbocycles. The van der Waals surface area contributed by atoms with Gasteiger partial charge in [-0.3, -0.25) is 4.79 Å². The van der Waals surface area contributed by atoms with Crippen LogP contribution in [0.4, 0.5) is 0 Å². The molecule has 0 saturated heterocycles. The van der Waals surface area contributed by atoms with Gasteiger partial charge in [-0.25, -0.2) is 9.78 Å². The lowest BCUT2D eigenvalue weighted by atomic mass is 10.3. The number of aromatic carboxylic acids is 1. The maximum absolute atomic E-state index is 12.3. The standard InChI is InChI=1S/C15H14N2O4S/c18-13(19)11-9-22-12(17-11)8-16-14(20)15(6-7-15)21-10-4-2-1-3-5-10/h1-5,9H,6-8H2,(H,16,20)(H,18,19). The van der Waals surface area contributed by atoms with Gasteiger partial charge >= 0.3 is 5.97 Å². The lowest BCUT2D eigenvalue weighted by molar-refractivity contribution is -0.130. The number of hydrogen-bond acceptors (Lipinski definition) is 5. The Labute approximate surface area is 130 Å². The molecule has 0 atom stereocenters. The second-order valence-electron chi connectivity index (χ2n) is 5.02. The van der Waals surface area contributed by atoms with Crippen LogP contribution in [0.2, 0.25) is 0 Å². The number of aromatic nitrogens is 1. The SMILES string of the molecule is O=C(O)c1csc(CNC(=O)C2(Oc3ccccc3)CC2)n1. The summed E-state index contributed by atoms with van der Waals surface area (Å²) in [7, 11) is 0. The van der Waals surface area contributed by atoms with Crippen molar-refractivity contribution in [3.8, 4) is 5.75 Å². The Hall–Kier alpha value is -2.41. The topological polar surface area (TPSA) is 88.5 Å². The van der Waals surface area contributed by atoms with Crippen molar-refractivity contribution in [1.82, 2.24) is 10.3 Å². The molecule has 0 aliphatic heterocycles. The molecule has 2 aromatic rings. The quantitative estimate of drug-likeness (QED) is 0.851. The van der Waals surface area contributed by atoms with Gasteiger partial charge in [0.25, 0.3) is 5.91 Å². The van der Waals surface area contributed by atoms with Gasteiger partial charge in [0.05, 0.1) is 6.54 Å². The Kier molecular flexibility index (Phi) is 3.81. The summed E-state index contributed by atoms with van der Waals surface area (Å²) in [5.41, 5.74) is -0.801. The van der Waals surface area contributed by atoms with Gasteiger partial charge in [-0.05, 0) is 12.1 Å². The molecular weight excluding hydrogens is 304 g/mol. The van der Waals surface area contributed by atoms with Crippen LogP contribution < -0.4 is 10.1 Å². The average molecular weight is 318 g/mol. The maximum Gasteiger partial charge on any atom is 0.355 e. The summed E-state index contributed by atoms with van der Waals surface area (Å²) in [4.78, 5) is 27.0. The van der Waals surface area contributed by atoms with E-state index in [1.54, 1.807) is 0 Å². The van der Waals surface area contributed by atoms with Crippen LogP contribution in [-0.2, 0) is 11.3 Å². The minimum Gasteiger partial charge on any atom is -0.477 e. The van der Waals surface area contributed by atoms with E-state index in [0.717, 1.165) is 0 Å². The third-order valence-corrected chi connectivity index (χ3v) is 4.19. The van der Waals surface area contributed by atoms with Crippen molar-refractivity contribution in [3.63, 3.8) is 0 Å². The predicted octanol–water partition coefficient (Wildman–Crippen LogP) is 2.07. The molecule has 22 heavy (non-hydrogen) atoms. The van der Waals surface area contributed by atoms with E-state index >= 15 is 0 Å². The molecule has 1 aliphatic rings. The molecule has 1 heterocycles. The van der Waals surface area contributed by atoms with Crippen molar-refractivity contribution >= 4 is 23.2 Å². The molecule has 1 aliphatic carbocycles. The highest BCUT2D eigenvalue weighted by molar-refractivity contribution is 7.09. The summed E-state index contributed by atoms with van der Waals surface area (Å²) < 4.78 is 5.78. The second-order valence-corrected chi connectivity index (χ2v) is 5.97. The Morgan fingerprint density at radius 3 is 2.64 bits per heavy atom. The van der Waals surface area contributed by atoms with E-state index in [-0.39, 0.29) is 18.1 Å². The van der Waals surface area contributed by atoms with Crippen LogP contribution >= 0.6 is 11.3 Å². The molecule has 1 fully saturated rings. The maximum atomic E-state index is 12.3. The van der Waals surface area contributed by atoms with Gasteiger partial charge in [-0.15, -0.1) is 11.3 Å². The zero-order chi connectivity index (χ0) is 15.6. The van der Waals surface area contributed by atoms with Crippen LogP contribution in [0.15, 0.2) is 35.7 Å². The summed E-state index contributed by atoms with van der Waals surface area (Å²) in [6.45, 7) is 0.205. The van der Waals surface area contributed by atoms with E-state index < -0.39 is 11.6 Å². The number of thiazole rings is 1. The molecule has 3 rings (SSSR count). The molecule has 1 amide bonds. The number of amides is 1. The normalized spacial score (nSPS) is 15.1. The molecule has 2 N–H and O–H groups in total. The summed E-state index contributed by atoms with van der Waals surface area (Å²) >= 11 is 1.21. The Balaban J connectivity index is 1.58. The Bertz CT molecular complexity index is 695. The molecule has 1 saturated carbocycles. The molecule has 0 bridgehead atoms. The third-order valence-electron chi connectivity index (χ3n) is 3.35. The van der Waals surface area contributed by atoms with Crippen molar-refractivity contribution in [2.75, 3.05) is 0 Å². The Morgan fingerprint density at radius 1 is 1.32 bits per heavy atom. The highest BCUT2D eigenvalue weighted by Gasteiger charge is 2.52. The number of nitrogens with zero attached hydrogens (tertiary/aromatic N) is 1. The summed E-state index contributed by atoms with van der Waals surface area (Å²) in [5, 5.41) is 13.6. The molecule has 114 valence electrons. The largest absolute Gasteiger partial charge is 0.477 e. The number of hydrogen-bond donors (Lipinski definition) is 2. The van der Waals surface area contributed by atoms with Crippen LogP contribution in [0.3, 0.4) is 0 Å². The van der Waals surface area contributed by atoms with Gasteiger partial charge in [0.2, 0.25) is 0 Å². The highest BCUT2D eigenvalue weighted by Crippen LogP contribution is 2.40. The van der Waals surface area contributed by atoms with Gasteiger partial charge in [-0.2, -0.15) is 0 Å². The number of nitrogens with one attached hydrogen (secondary N) is 1. The van der Waals surface area contributed by atoms with Gasteiger partial charge in [0, 0.05) is 18.2 Å². The van der Waals surface area contributed by atoms with Crippen LogP contribution in [-0.4, -0.2) is 27.6 Å². The zero-order valence-corrected chi connectivity index (χ0v) is 12.4. The first-order valence-electron chi connectivity index (χ1n) is 6.79. The summed E-state index contributed by atoms with van der Waals surface area (Å²) in [6.07, 6.45) is 1.35. The van der Waals surface area contributed by atoms with E-state index in [4.69, 9.17) is 9.84 Å². The molecule has 0 radical (unpaired) electrons. The van der Waals surface area contributed by atoms with Crippen molar-refractivity contribution in [3.05, 3.63) is 46.4 Å². The van der Waals surface area contributed by atoms with E-state index in [9.17, 15) is 9.59 Å². The number of carbonyl (C=O) groups excluding carboxylic acids is 1. The first kappa shape index (κ1) is 14.5. The fourth-order valence-electron chi connectivity index (χ4n) is 2.01. The van der Waals surface area contributed by atoms with Crippen LogP contribution in [0, 0.1) is 0 Å². The molecule has 0 unspecified atom stereocenters. The van der Waals surface area contributed by atoms with Crippen molar-refractivity contribution in [2.45, 2.75) is 25.0 Å². The smallest absolute Gasteiger partial charge is 0.355 e. The van der Waals surface area contributed by atoms with Gasteiger partial charge in [-0.1, -0.05) is 18.2 Å². The number of rotatable bonds is 6. The first-order chi connectivity index (χ1) is 10.6. The van der Waals surface area contributed by atoms with Crippen LogP contribution in [0.5, 0.6) is 5.75 Å². The van der Waals surface area contributed by atoms with E-state index in [0.29, 0.717) is 23.6 Å². The second kappa shape index (κ2) is 5.76. The molecule has 6 nitrogen and oxygen atoms in total. The van der Waals surface area contributed by atoms with Crippen LogP contribution in [0.25, 0.3) is 0 Å². The average Bonchev–Trinajstić information content (AvgIpc) is 3.13. The van der Waals surface area contributed by atoms with E-state index in [1.807, 2.05) is 30.3 Å². The van der Waals surface area contributed by atoms with Gasteiger partial charge < -0.3 is 15.2 Å². The first-order valence-corrected chi connectivity index (χ1v) is 7.67.